The van der Waals surface area contributed by atoms with Gasteiger partial charge in [0.25, 0.3) is 0 Å². The zero-order valence-electron chi connectivity index (χ0n) is 9.24. The molecule has 4 heteroatoms. The van der Waals surface area contributed by atoms with Gasteiger partial charge in [0.05, 0.1) is 0 Å². The summed E-state index contributed by atoms with van der Waals surface area (Å²) in [6, 6.07) is 3.61. The quantitative estimate of drug-likeness (QED) is 0.830. The Labute approximate surface area is 111 Å². The van der Waals surface area contributed by atoms with E-state index in [9.17, 15) is 5.11 Å². The van der Waals surface area contributed by atoms with Gasteiger partial charge in [-0.3, -0.25) is 0 Å². The number of rotatable bonds is 4. The highest BCUT2D eigenvalue weighted by Gasteiger charge is 2.12. The average molecular weight is 307 g/mol. The third-order valence-corrected chi connectivity index (χ3v) is 2.83. The summed E-state index contributed by atoms with van der Waals surface area (Å²) in [4.78, 5) is 0. The monoisotopic (exact) mass is 305 g/mol. The number of nitrogens with two attached hydrogens (primary N) is 1. The molecule has 1 aromatic carbocycles. The van der Waals surface area contributed by atoms with E-state index in [4.69, 9.17) is 5.73 Å². The van der Waals surface area contributed by atoms with Crippen LogP contribution in [0.2, 0.25) is 0 Å². The van der Waals surface area contributed by atoms with E-state index in [1.165, 1.54) is 0 Å². The predicted octanol–water partition coefficient (Wildman–Crippen LogP) is 3.85. The van der Waals surface area contributed by atoms with Gasteiger partial charge in [0.2, 0.25) is 0 Å². The van der Waals surface area contributed by atoms with Gasteiger partial charge in [0.15, 0.2) is 0 Å². The summed E-state index contributed by atoms with van der Waals surface area (Å²) in [5, 5.41) is 9.87. The summed E-state index contributed by atoms with van der Waals surface area (Å²) in [5.74, 6) is 0.301. The minimum absolute atomic E-state index is 0. The molecule has 0 fully saturated rings. The maximum atomic E-state index is 9.87. The Bertz CT molecular complexity index is 368. The van der Waals surface area contributed by atoms with Crippen molar-refractivity contribution >= 4 is 28.3 Å². The smallest absolute Gasteiger partial charge is 0.123 e. The molecule has 1 rings (SSSR count). The van der Waals surface area contributed by atoms with Crippen LogP contribution in [0.5, 0.6) is 5.75 Å². The molecular weight excluding hydrogens is 289 g/mol. The first-order valence-electron chi connectivity index (χ1n) is 4.91. The largest absolute Gasteiger partial charge is 0.507 e. The first-order valence-corrected chi connectivity index (χ1v) is 5.71. The maximum Gasteiger partial charge on any atom is 0.123 e. The van der Waals surface area contributed by atoms with E-state index in [1.54, 1.807) is 0 Å². The topological polar surface area (TPSA) is 46.2 Å². The van der Waals surface area contributed by atoms with Crippen molar-refractivity contribution in [1.82, 2.24) is 0 Å². The van der Waals surface area contributed by atoms with Crippen LogP contribution in [0.1, 0.15) is 30.0 Å². The van der Waals surface area contributed by atoms with E-state index in [2.05, 4.69) is 22.5 Å². The molecule has 16 heavy (non-hydrogen) atoms. The molecule has 0 bridgehead atoms. The van der Waals surface area contributed by atoms with Crippen LogP contribution in [0.4, 0.5) is 0 Å². The number of hydrogen-bond donors (Lipinski definition) is 2. The fraction of sp³-hybridized carbons (Fsp3) is 0.333. The average Bonchev–Trinajstić information content (AvgIpc) is 2.19. The number of aryl methyl sites for hydroxylation is 1. The van der Waals surface area contributed by atoms with Gasteiger partial charge in [-0.1, -0.05) is 22.0 Å². The number of phenolic OH excluding ortho intramolecular Hbond substituents is 1. The van der Waals surface area contributed by atoms with Crippen molar-refractivity contribution < 1.29 is 5.11 Å². The summed E-state index contributed by atoms with van der Waals surface area (Å²) in [7, 11) is 0. The molecule has 0 aliphatic heterocycles. The van der Waals surface area contributed by atoms with Crippen molar-refractivity contribution in [3.63, 3.8) is 0 Å². The van der Waals surface area contributed by atoms with Crippen LogP contribution in [-0.2, 0) is 0 Å². The van der Waals surface area contributed by atoms with E-state index in [1.807, 2.05) is 25.1 Å². The molecule has 0 unspecified atom stereocenters. The molecule has 1 atom stereocenters. The van der Waals surface area contributed by atoms with Crippen LogP contribution in [-0.4, -0.2) is 5.11 Å². The molecule has 0 aromatic heterocycles. The number of aromatic hydroxyl groups is 1. The predicted molar refractivity (Wildman–Crippen MR) is 74.2 cm³/mol. The zero-order valence-corrected chi connectivity index (χ0v) is 11.6. The van der Waals surface area contributed by atoms with Crippen LogP contribution < -0.4 is 5.73 Å². The van der Waals surface area contributed by atoms with E-state index in [0.29, 0.717) is 5.75 Å². The minimum Gasteiger partial charge on any atom is -0.507 e. The number of halogens is 2. The van der Waals surface area contributed by atoms with Crippen LogP contribution in [0.25, 0.3) is 0 Å². The molecule has 0 saturated heterocycles. The highest BCUT2D eigenvalue weighted by molar-refractivity contribution is 9.10. The summed E-state index contributed by atoms with van der Waals surface area (Å²) >= 11 is 3.40. The Hall–Kier alpha value is -0.510. The molecule has 90 valence electrons. The van der Waals surface area contributed by atoms with Gasteiger partial charge in [-0.2, -0.15) is 0 Å². The first kappa shape index (κ1) is 15.5. The number of hydrogen-bond acceptors (Lipinski definition) is 2. The van der Waals surface area contributed by atoms with Crippen molar-refractivity contribution in [2.75, 3.05) is 0 Å². The number of allylic oxidation sites excluding steroid dienone is 1. The summed E-state index contributed by atoms with van der Waals surface area (Å²) < 4.78 is 0.946. The standard InChI is InChI=1S/C12H16BrNO.ClH/c1-3-4-5-11(14)10-7-9(13)6-8(2)12(10)15;/h3,6-7,11,15H,1,4-5,14H2,2H3;1H/t11-;/m0./s1. The van der Waals surface area contributed by atoms with Crippen molar-refractivity contribution in [2.24, 2.45) is 5.73 Å². The van der Waals surface area contributed by atoms with Crippen LogP contribution in [0.15, 0.2) is 29.3 Å². The van der Waals surface area contributed by atoms with Gasteiger partial charge in [-0.25, -0.2) is 0 Å². The zero-order chi connectivity index (χ0) is 11.4. The van der Waals surface area contributed by atoms with Crippen molar-refractivity contribution in [3.05, 3.63) is 40.4 Å². The molecule has 1 aromatic rings. The molecule has 3 N–H and O–H groups in total. The third kappa shape index (κ3) is 3.81. The maximum absolute atomic E-state index is 9.87. The lowest BCUT2D eigenvalue weighted by Crippen LogP contribution is -2.10. The second kappa shape index (κ2) is 6.94. The summed E-state index contributed by atoms with van der Waals surface area (Å²) in [6.07, 6.45) is 3.49. The van der Waals surface area contributed by atoms with E-state index >= 15 is 0 Å². The lowest BCUT2D eigenvalue weighted by molar-refractivity contribution is 0.454. The lowest BCUT2D eigenvalue weighted by Gasteiger charge is -2.14. The van der Waals surface area contributed by atoms with Crippen LogP contribution in [0.3, 0.4) is 0 Å². The molecule has 2 nitrogen and oxygen atoms in total. The van der Waals surface area contributed by atoms with Crippen molar-refractivity contribution in [3.8, 4) is 5.75 Å². The number of phenols is 1. The Morgan fingerprint density at radius 2 is 2.19 bits per heavy atom. The van der Waals surface area contributed by atoms with Gasteiger partial charge in [-0.05, 0) is 37.5 Å². The van der Waals surface area contributed by atoms with Gasteiger partial charge < -0.3 is 10.8 Å². The highest BCUT2D eigenvalue weighted by atomic mass is 79.9. The summed E-state index contributed by atoms with van der Waals surface area (Å²) in [6.45, 7) is 5.52. The molecule has 0 saturated carbocycles. The van der Waals surface area contributed by atoms with Crippen LogP contribution in [0, 0.1) is 6.92 Å². The van der Waals surface area contributed by atoms with E-state index < -0.39 is 0 Å². The Morgan fingerprint density at radius 1 is 1.56 bits per heavy atom. The lowest BCUT2D eigenvalue weighted by atomic mass is 10.00. The van der Waals surface area contributed by atoms with Crippen LogP contribution >= 0.6 is 28.3 Å². The van der Waals surface area contributed by atoms with Gasteiger partial charge in [0.1, 0.15) is 5.75 Å². The molecular formula is C12H17BrClNO. The molecule has 0 aliphatic carbocycles. The molecule has 0 aliphatic rings. The van der Waals surface area contributed by atoms with E-state index in [-0.39, 0.29) is 18.4 Å². The molecule has 0 radical (unpaired) electrons. The Kier molecular flexibility index (Phi) is 6.72. The minimum atomic E-state index is -0.140. The third-order valence-electron chi connectivity index (χ3n) is 2.38. The van der Waals surface area contributed by atoms with Gasteiger partial charge in [-0.15, -0.1) is 19.0 Å². The Morgan fingerprint density at radius 3 is 2.75 bits per heavy atom. The Balaban J connectivity index is 0.00000225. The van der Waals surface area contributed by atoms with E-state index in [0.717, 1.165) is 28.4 Å². The second-order valence-corrected chi connectivity index (χ2v) is 4.55. The normalized spacial score (nSPS) is 11.7. The molecule has 0 heterocycles. The first-order chi connectivity index (χ1) is 7.06. The number of benzene rings is 1. The van der Waals surface area contributed by atoms with Crippen molar-refractivity contribution in [2.45, 2.75) is 25.8 Å². The highest BCUT2D eigenvalue weighted by Crippen LogP contribution is 2.32. The molecule has 0 amide bonds. The summed E-state index contributed by atoms with van der Waals surface area (Å²) in [5.41, 5.74) is 7.63. The van der Waals surface area contributed by atoms with Gasteiger partial charge in [0, 0.05) is 16.1 Å². The molecule has 0 spiro atoms. The van der Waals surface area contributed by atoms with Crippen molar-refractivity contribution in [1.29, 1.82) is 0 Å². The fourth-order valence-electron chi connectivity index (χ4n) is 1.50. The second-order valence-electron chi connectivity index (χ2n) is 3.63. The fourth-order valence-corrected chi connectivity index (χ4v) is 2.09. The SMILES string of the molecule is C=CCC[C@H](N)c1cc(Br)cc(C)c1O.Cl. The van der Waals surface area contributed by atoms with Gasteiger partial charge >= 0.3 is 0 Å².